The van der Waals surface area contributed by atoms with Crippen molar-refractivity contribution < 1.29 is 19.1 Å². The van der Waals surface area contributed by atoms with Crippen molar-refractivity contribution in [3.8, 4) is 0 Å². The average molecular weight is 486 g/mol. The highest BCUT2D eigenvalue weighted by Gasteiger charge is 2.26. The molecule has 4 rings (SSSR count). The molecule has 11 nitrogen and oxygen atoms in total. The lowest BCUT2D eigenvalue weighted by molar-refractivity contribution is 0.0487. The van der Waals surface area contributed by atoms with E-state index >= 15 is 0 Å². The summed E-state index contributed by atoms with van der Waals surface area (Å²) >= 11 is 0. The molecule has 2 aliphatic rings. The minimum atomic E-state index is -0.534. The highest BCUT2D eigenvalue weighted by atomic mass is 16.6. The molecule has 4 N–H and O–H groups in total. The Hall–Kier alpha value is -3.37. The lowest BCUT2D eigenvalue weighted by Crippen LogP contribution is -2.41. The van der Waals surface area contributed by atoms with E-state index in [4.69, 9.17) is 9.47 Å². The van der Waals surface area contributed by atoms with Crippen molar-refractivity contribution in [3.05, 3.63) is 23.5 Å². The van der Waals surface area contributed by atoms with E-state index in [0.29, 0.717) is 36.0 Å². The van der Waals surface area contributed by atoms with E-state index in [1.807, 2.05) is 26.8 Å². The molecule has 2 saturated carbocycles. The number of rotatable bonds is 8. The number of aromatic nitrogens is 4. The Kier molecular flexibility index (Phi) is 7.42. The first-order valence-electron chi connectivity index (χ1n) is 12.2. The number of alkyl carbamates (subject to hydrolysis) is 1. The maximum absolute atomic E-state index is 12.2. The lowest BCUT2D eigenvalue weighted by atomic mass is 9.86. The first-order chi connectivity index (χ1) is 16.7. The third-order valence-corrected chi connectivity index (χ3v) is 6.11. The molecule has 2 fully saturated rings. The number of carbonyl (C=O) groups excluding carboxylic acids is 2. The number of H-pyrrole nitrogens is 1. The van der Waals surface area contributed by atoms with E-state index in [1.54, 1.807) is 6.07 Å². The number of nitrogens with zero attached hydrogens (tertiary/aromatic N) is 3. The zero-order chi connectivity index (χ0) is 25.0. The number of carbonyl (C=O) groups is 2. The fraction of sp³-hybridized carbons (Fsp3) is 0.625. The number of ether oxygens (including phenoxy) is 2. The zero-order valence-electron chi connectivity index (χ0n) is 20.8. The Morgan fingerprint density at radius 1 is 1.06 bits per heavy atom. The molecule has 190 valence electrons. The van der Waals surface area contributed by atoms with Gasteiger partial charge in [0.05, 0.1) is 7.11 Å². The van der Waals surface area contributed by atoms with Crippen LogP contribution in [0.3, 0.4) is 0 Å². The van der Waals surface area contributed by atoms with Gasteiger partial charge >= 0.3 is 12.1 Å². The van der Waals surface area contributed by atoms with E-state index in [1.165, 1.54) is 20.0 Å². The maximum atomic E-state index is 12.2. The molecular weight excluding hydrogens is 450 g/mol. The summed E-state index contributed by atoms with van der Waals surface area (Å²) < 4.78 is 10.2. The van der Waals surface area contributed by atoms with Gasteiger partial charge in [-0.3, -0.25) is 5.10 Å². The van der Waals surface area contributed by atoms with Crippen molar-refractivity contribution in [2.75, 3.05) is 24.3 Å². The van der Waals surface area contributed by atoms with Gasteiger partial charge in [-0.2, -0.15) is 10.1 Å². The first kappa shape index (κ1) is 24.7. The van der Waals surface area contributed by atoms with Crippen LogP contribution in [0.15, 0.2) is 12.1 Å². The molecule has 0 unspecified atom stereocenters. The highest BCUT2D eigenvalue weighted by Crippen LogP contribution is 2.39. The first-order valence-corrected chi connectivity index (χ1v) is 12.2. The number of anilines is 3. The minimum absolute atomic E-state index is 0.116. The SMILES string of the molecule is COC(=O)c1cc(Nc2cc(C3CC3)[nH]n2)nc(NCC2CCC(NC(=O)OC(C)(C)C)CC2)n1. The molecule has 2 aliphatic carbocycles. The summed E-state index contributed by atoms with van der Waals surface area (Å²) in [6.07, 6.45) is 5.64. The van der Waals surface area contributed by atoms with Crippen molar-refractivity contribution in [1.29, 1.82) is 0 Å². The second kappa shape index (κ2) is 10.5. The molecule has 0 radical (unpaired) electrons. The summed E-state index contributed by atoms with van der Waals surface area (Å²) in [5.41, 5.74) is 0.759. The van der Waals surface area contributed by atoms with Crippen LogP contribution in [0.2, 0.25) is 0 Å². The van der Waals surface area contributed by atoms with Crippen molar-refractivity contribution in [3.63, 3.8) is 0 Å². The van der Waals surface area contributed by atoms with E-state index in [-0.39, 0.29) is 17.8 Å². The van der Waals surface area contributed by atoms with Crippen LogP contribution in [-0.2, 0) is 9.47 Å². The standard InChI is InChI=1S/C24H35N7O4/c1-24(2,3)35-23(33)26-16-9-5-14(6-10-16)13-25-22-27-18(21(32)34-4)12-19(29-22)28-20-11-17(30-31-20)15-7-8-15/h11-12,14-16H,5-10,13H2,1-4H3,(H,26,33)(H3,25,27,28,29,30,31). The number of hydrogen-bond acceptors (Lipinski definition) is 9. The van der Waals surface area contributed by atoms with Crippen molar-refractivity contribution in [2.45, 2.75) is 76.9 Å². The van der Waals surface area contributed by atoms with Crippen LogP contribution in [-0.4, -0.2) is 57.5 Å². The van der Waals surface area contributed by atoms with E-state index < -0.39 is 11.6 Å². The number of hydrogen-bond donors (Lipinski definition) is 4. The van der Waals surface area contributed by atoms with Gasteiger partial charge in [0, 0.05) is 36.3 Å². The van der Waals surface area contributed by atoms with Crippen LogP contribution >= 0.6 is 0 Å². The van der Waals surface area contributed by atoms with Gasteiger partial charge < -0.3 is 25.4 Å². The number of methoxy groups -OCH3 is 1. The molecule has 0 aromatic carbocycles. The van der Waals surface area contributed by atoms with Crippen LogP contribution in [0.1, 0.15) is 81.4 Å². The minimum Gasteiger partial charge on any atom is -0.464 e. The lowest BCUT2D eigenvalue weighted by Gasteiger charge is -2.30. The Morgan fingerprint density at radius 2 is 1.80 bits per heavy atom. The summed E-state index contributed by atoms with van der Waals surface area (Å²) in [7, 11) is 1.32. The molecule has 0 bridgehead atoms. The number of aromatic amines is 1. The quantitative estimate of drug-likeness (QED) is 0.406. The summed E-state index contributed by atoms with van der Waals surface area (Å²) in [5.74, 6) is 1.88. The van der Waals surface area contributed by atoms with Gasteiger partial charge in [0.2, 0.25) is 5.95 Å². The van der Waals surface area contributed by atoms with Crippen molar-refractivity contribution in [2.24, 2.45) is 5.92 Å². The largest absolute Gasteiger partial charge is 0.464 e. The van der Waals surface area contributed by atoms with Gasteiger partial charge in [0.1, 0.15) is 11.4 Å². The van der Waals surface area contributed by atoms with E-state index in [0.717, 1.165) is 31.4 Å². The molecule has 0 saturated heterocycles. The maximum Gasteiger partial charge on any atom is 0.407 e. The van der Waals surface area contributed by atoms with Crippen LogP contribution in [0.4, 0.5) is 22.4 Å². The molecule has 11 heteroatoms. The molecule has 2 aromatic rings. The molecule has 0 spiro atoms. The van der Waals surface area contributed by atoms with Crippen LogP contribution < -0.4 is 16.0 Å². The second-order valence-electron chi connectivity index (χ2n) is 10.3. The number of esters is 1. The van der Waals surface area contributed by atoms with Crippen molar-refractivity contribution >= 4 is 29.6 Å². The van der Waals surface area contributed by atoms with Gasteiger partial charge in [-0.15, -0.1) is 0 Å². The Morgan fingerprint density at radius 3 is 2.46 bits per heavy atom. The van der Waals surface area contributed by atoms with Crippen LogP contribution in [0.25, 0.3) is 0 Å². The molecule has 2 aromatic heterocycles. The molecule has 2 heterocycles. The monoisotopic (exact) mass is 485 g/mol. The smallest absolute Gasteiger partial charge is 0.407 e. The number of nitrogens with one attached hydrogen (secondary N) is 4. The third kappa shape index (κ3) is 7.30. The highest BCUT2D eigenvalue weighted by molar-refractivity contribution is 5.88. The second-order valence-corrected chi connectivity index (χ2v) is 10.3. The zero-order valence-corrected chi connectivity index (χ0v) is 20.8. The molecule has 0 aliphatic heterocycles. The van der Waals surface area contributed by atoms with Crippen molar-refractivity contribution in [1.82, 2.24) is 25.5 Å². The van der Waals surface area contributed by atoms with E-state index in [2.05, 4.69) is 36.1 Å². The van der Waals surface area contributed by atoms with Gasteiger partial charge in [-0.1, -0.05) is 0 Å². The Balaban J connectivity index is 1.32. The molecule has 35 heavy (non-hydrogen) atoms. The fourth-order valence-corrected chi connectivity index (χ4v) is 4.16. The van der Waals surface area contributed by atoms with Gasteiger partial charge in [-0.25, -0.2) is 14.6 Å². The van der Waals surface area contributed by atoms with Gasteiger partial charge in [0.15, 0.2) is 11.5 Å². The summed E-state index contributed by atoms with van der Waals surface area (Å²) in [5, 5.41) is 16.7. The van der Waals surface area contributed by atoms with Crippen LogP contribution in [0.5, 0.6) is 0 Å². The molecular formula is C24H35N7O4. The van der Waals surface area contributed by atoms with Gasteiger partial charge in [0.25, 0.3) is 0 Å². The predicted molar refractivity (Wildman–Crippen MR) is 131 cm³/mol. The van der Waals surface area contributed by atoms with E-state index in [9.17, 15) is 9.59 Å². The average Bonchev–Trinajstić information content (AvgIpc) is 3.55. The Bertz CT molecular complexity index is 1040. The topological polar surface area (TPSA) is 143 Å². The molecule has 0 atom stereocenters. The van der Waals surface area contributed by atoms with Crippen LogP contribution in [0, 0.1) is 5.92 Å². The number of amides is 1. The summed E-state index contributed by atoms with van der Waals surface area (Å²) in [4.78, 5) is 33.0. The normalized spacial score (nSPS) is 20.1. The Labute approximate surface area is 205 Å². The molecule has 1 amide bonds. The fourth-order valence-electron chi connectivity index (χ4n) is 4.16. The predicted octanol–water partition coefficient (Wildman–Crippen LogP) is 4.10. The van der Waals surface area contributed by atoms with Gasteiger partial charge in [-0.05, 0) is 65.2 Å². The third-order valence-electron chi connectivity index (χ3n) is 6.11. The summed E-state index contributed by atoms with van der Waals surface area (Å²) in [6, 6.07) is 3.63. The summed E-state index contributed by atoms with van der Waals surface area (Å²) in [6.45, 7) is 6.23.